The van der Waals surface area contributed by atoms with Gasteiger partial charge in [-0.25, -0.2) is 9.78 Å². The van der Waals surface area contributed by atoms with Gasteiger partial charge in [-0.3, -0.25) is 9.48 Å². The van der Waals surface area contributed by atoms with Crippen LogP contribution in [0.5, 0.6) is 5.75 Å². The molecular weight excluding hydrogens is 518 g/mol. The molecule has 0 aliphatic carbocycles. The molecule has 0 saturated heterocycles. The van der Waals surface area contributed by atoms with E-state index in [0.29, 0.717) is 67.5 Å². The van der Waals surface area contributed by atoms with Crippen molar-refractivity contribution in [2.24, 2.45) is 0 Å². The predicted octanol–water partition coefficient (Wildman–Crippen LogP) is 3.70. The van der Waals surface area contributed by atoms with Gasteiger partial charge in [-0.2, -0.15) is 14.8 Å². The minimum atomic E-state index is -0.800. The molecule has 0 aliphatic heterocycles. The first-order valence-electron chi connectivity index (χ1n) is 13.0. The maximum Gasteiger partial charge on any atom is 0.407 e. The zero-order valence-electron chi connectivity index (χ0n) is 22.7. The molecule has 0 saturated carbocycles. The van der Waals surface area contributed by atoms with E-state index in [0.717, 1.165) is 5.69 Å². The minimum Gasteiger partial charge on any atom is -0.494 e. The first-order chi connectivity index (χ1) is 19.2. The normalized spacial score (nSPS) is 11.4. The maximum absolute atomic E-state index is 11.8. The number of hydrogen-bond donors (Lipinski definition) is 3. The molecule has 3 heterocycles. The lowest BCUT2D eigenvalue weighted by molar-refractivity contribution is -0.137. The van der Waals surface area contributed by atoms with Crippen molar-refractivity contribution < 1.29 is 24.2 Å². The molecule has 4 aromatic rings. The monoisotopic (exact) mass is 551 g/mol. The Balaban J connectivity index is 1.31. The number of nitrogens with zero attached hydrogens (tertiary/aromatic N) is 7. The van der Waals surface area contributed by atoms with E-state index < -0.39 is 17.7 Å². The van der Waals surface area contributed by atoms with Gasteiger partial charge in [0.15, 0.2) is 11.2 Å². The van der Waals surface area contributed by atoms with E-state index in [9.17, 15) is 9.59 Å². The van der Waals surface area contributed by atoms with Gasteiger partial charge >= 0.3 is 12.1 Å². The molecule has 0 atom stereocenters. The lowest BCUT2D eigenvalue weighted by Crippen LogP contribution is -2.33. The van der Waals surface area contributed by atoms with Crippen molar-refractivity contribution in [1.29, 1.82) is 0 Å². The van der Waals surface area contributed by atoms with Crippen LogP contribution < -0.4 is 15.4 Å². The predicted molar refractivity (Wildman–Crippen MR) is 146 cm³/mol. The Morgan fingerprint density at radius 3 is 2.62 bits per heavy atom. The van der Waals surface area contributed by atoms with Gasteiger partial charge in [-0.1, -0.05) is 5.21 Å². The summed E-state index contributed by atoms with van der Waals surface area (Å²) in [7, 11) is 0. The number of nitrogens with one attached hydrogen (secondary N) is 2. The topological polar surface area (TPSA) is 171 Å². The van der Waals surface area contributed by atoms with Crippen LogP contribution in [0.4, 0.5) is 16.4 Å². The fourth-order valence-electron chi connectivity index (χ4n) is 3.62. The number of carbonyl (C=O) groups is 2. The van der Waals surface area contributed by atoms with Gasteiger partial charge in [-0.05, 0) is 64.3 Å². The molecule has 40 heavy (non-hydrogen) atoms. The van der Waals surface area contributed by atoms with Gasteiger partial charge in [0.05, 0.1) is 25.2 Å². The summed E-state index contributed by atoms with van der Waals surface area (Å²) >= 11 is 0. The number of alkyl carbamates (subject to hydrolysis) is 1. The second kappa shape index (κ2) is 12.9. The molecule has 0 radical (unpaired) electrons. The number of carboxylic acids is 1. The van der Waals surface area contributed by atoms with Gasteiger partial charge in [-0.15, -0.1) is 5.10 Å². The number of amides is 1. The lowest BCUT2D eigenvalue weighted by Gasteiger charge is -2.19. The van der Waals surface area contributed by atoms with Crippen molar-refractivity contribution >= 4 is 34.9 Å². The molecular formula is C26H33N9O5. The molecule has 4 rings (SSSR count). The average Bonchev–Trinajstić information content (AvgIpc) is 3.53. The number of rotatable bonds is 13. The number of carbonyl (C=O) groups excluding carboxylic acids is 1. The Bertz CT molecular complexity index is 1430. The molecule has 14 nitrogen and oxygen atoms in total. The summed E-state index contributed by atoms with van der Waals surface area (Å²) in [6, 6.07) is 7.33. The summed E-state index contributed by atoms with van der Waals surface area (Å²) in [5, 5.41) is 27.3. The van der Waals surface area contributed by atoms with Crippen LogP contribution in [0.1, 0.15) is 46.5 Å². The van der Waals surface area contributed by atoms with E-state index in [1.54, 1.807) is 21.8 Å². The summed E-state index contributed by atoms with van der Waals surface area (Å²) in [5.74, 6) is 0.266. The number of aromatic nitrogens is 7. The van der Waals surface area contributed by atoms with Crippen molar-refractivity contribution in [3.63, 3.8) is 0 Å². The van der Waals surface area contributed by atoms with Gasteiger partial charge in [0.1, 0.15) is 17.0 Å². The third-order valence-corrected chi connectivity index (χ3v) is 5.45. The number of anilines is 2. The van der Waals surface area contributed by atoms with Crippen LogP contribution in [0.25, 0.3) is 16.9 Å². The Kier molecular flexibility index (Phi) is 9.09. The molecule has 0 aliphatic rings. The number of aryl methyl sites for hydroxylation is 1. The summed E-state index contributed by atoms with van der Waals surface area (Å²) in [4.78, 5) is 31.3. The van der Waals surface area contributed by atoms with Crippen LogP contribution in [-0.2, 0) is 16.1 Å². The van der Waals surface area contributed by atoms with Crippen LogP contribution in [-0.4, -0.2) is 70.7 Å². The molecule has 0 bridgehead atoms. The highest BCUT2D eigenvalue weighted by molar-refractivity contribution is 5.72. The van der Waals surface area contributed by atoms with Crippen molar-refractivity contribution in [3.05, 3.63) is 42.9 Å². The van der Waals surface area contributed by atoms with E-state index in [4.69, 9.17) is 14.6 Å². The average molecular weight is 552 g/mol. The molecule has 212 valence electrons. The fourth-order valence-corrected chi connectivity index (χ4v) is 3.62. The Morgan fingerprint density at radius 2 is 1.88 bits per heavy atom. The number of carboxylic acid groups (broad SMARTS) is 1. The first kappa shape index (κ1) is 28.3. The second-order valence-electron chi connectivity index (χ2n) is 10.00. The quantitative estimate of drug-likeness (QED) is 0.207. The number of aliphatic carboxylic acids is 1. The number of hydrogen-bond acceptors (Lipinski definition) is 10. The van der Waals surface area contributed by atoms with Gasteiger partial charge in [0, 0.05) is 25.2 Å². The molecule has 0 unspecified atom stereocenters. The standard InChI is InChI=1S/C26H33N9O5/c1-26(2,3)40-25(38)27-12-6-13-34-17-19(15-29-34)35-23-21(32-33-35)16-28-24(31-23)30-18-8-10-20(11-9-18)39-14-5-4-7-22(36)37/h8-11,15-17H,4-7,12-14H2,1-3H3,(H,27,38)(H,36,37)(H,28,30,31). The first-order valence-corrected chi connectivity index (χ1v) is 13.0. The van der Waals surface area contributed by atoms with Crippen LogP contribution in [0.15, 0.2) is 42.9 Å². The number of fused-ring (bicyclic) bond motifs is 1. The highest BCUT2D eigenvalue weighted by Crippen LogP contribution is 2.20. The van der Waals surface area contributed by atoms with Crippen molar-refractivity contribution in [2.45, 2.75) is 58.6 Å². The van der Waals surface area contributed by atoms with Gasteiger partial charge < -0.3 is 25.2 Å². The molecule has 0 spiro atoms. The van der Waals surface area contributed by atoms with Gasteiger partial charge in [0.25, 0.3) is 0 Å². The summed E-state index contributed by atoms with van der Waals surface area (Å²) in [6.45, 7) is 6.96. The van der Waals surface area contributed by atoms with Gasteiger partial charge in [0.2, 0.25) is 5.95 Å². The highest BCUT2D eigenvalue weighted by Gasteiger charge is 2.16. The molecule has 1 amide bonds. The Morgan fingerprint density at radius 1 is 1.07 bits per heavy atom. The maximum atomic E-state index is 11.8. The Labute approximate surface area is 230 Å². The van der Waals surface area contributed by atoms with E-state index >= 15 is 0 Å². The number of benzene rings is 1. The summed E-state index contributed by atoms with van der Waals surface area (Å²) < 4.78 is 14.2. The molecule has 0 fully saturated rings. The van der Waals surface area contributed by atoms with Crippen LogP contribution in [0.2, 0.25) is 0 Å². The second-order valence-corrected chi connectivity index (χ2v) is 10.00. The highest BCUT2D eigenvalue weighted by atomic mass is 16.6. The van der Waals surface area contributed by atoms with Crippen molar-refractivity contribution in [3.8, 4) is 11.4 Å². The van der Waals surface area contributed by atoms with E-state index in [1.165, 1.54) is 0 Å². The van der Waals surface area contributed by atoms with Crippen molar-refractivity contribution in [2.75, 3.05) is 18.5 Å². The zero-order valence-corrected chi connectivity index (χ0v) is 22.7. The van der Waals surface area contributed by atoms with Crippen LogP contribution >= 0.6 is 0 Å². The largest absolute Gasteiger partial charge is 0.494 e. The van der Waals surface area contributed by atoms with Crippen LogP contribution in [0.3, 0.4) is 0 Å². The number of ether oxygens (including phenoxy) is 2. The lowest BCUT2D eigenvalue weighted by atomic mass is 10.2. The smallest absolute Gasteiger partial charge is 0.407 e. The molecule has 1 aromatic carbocycles. The molecule has 3 aromatic heterocycles. The van der Waals surface area contributed by atoms with E-state index in [2.05, 4.69) is 36.0 Å². The minimum absolute atomic E-state index is 0.141. The van der Waals surface area contributed by atoms with E-state index in [1.807, 2.05) is 51.2 Å². The van der Waals surface area contributed by atoms with Crippen molar-refractivity contribution in [1.82, 2.24) is 40.1 Å². The van der Waals surface area contributed by atoms with E-state index in [-0.39, 0.29) is 6.42 Å². The third kappa shape index (κ3) is 8.38. The Hall–Kier alpha value is -4.75. The number of unbranched alkanes of at least 4 members (excludes halogenated alkanes) is 1. The fraction of sp³-hybridized carbons (Fsp3) is 0.423. The third-order valence-electron chi connectivity index (χ3n) is 5.45. The molecule has 3 N–H and O–H groups in total. The molecule has 14 heteroatoms. The van der Waals surface area contributed by atoms with Crippen LogP contribution in [0, 0.1) is 0 Å². The summed E-state index contributed by atoms with van der Waals surface area (Å²) in [5.41, 5.74) is 1.98. The SMILES string of the molecule is CC(C)(C)OC(=O)NCCCn1cc(-n2nnc3cnc(Nc4ccc(OCCCCC(=O)O)cc4)nc32)cn1. The summed E-state index contributed by atoms with van der Waals surface area (Å²) in [6.07, 6.45) is 6.71. The zero-order chi connectivity index (χ0) is 28.5.